The number of likely N-dealkylation sites (N-methyl/N-ethyl adjacent to an activating group) is 2. The maximum Gasteiger partial charge on any atom is 0.236 e. The average molecular weight is 174 g/mol. The summed E-state index contributed by atoms with van der Waals surface area (Å²) >= 11 is 0. The Morgan fingerprint density at radius 1 is 1.58 bits per heavy atom. The van der Waals surface area contributed by atoms with Crippen LogP contribution >= 0.6 is 0 Å². The van der Waals surface area contributed by atoms with E-state index in [0.29, 0.717) is 26.3 Å². The Labute approximate surface area is 73.9 Å². The lowest BCUT2D eigenvalue weighted by molar-refractivity contribution is -0.129. The third-order valence-electron chi connectivity index (χ3n) is 1.53. The van der Waals surface area contributed by atoms with Gasteiger partial charge >= 0.3 is 0 Å². The van der Waals surface area contributed by atoms with Crippen LogP contribution in [0.2, 0.25) is 0 Å². The van der Waals surface area contributed by atoms with Crippen LogP contribution in [0.4, 0.5) is 0 Å². The summed E-state index contributed by atoms with van der Waals surface area (Å²) < 4.78 is 5.12. The predicted molar refractivity (Wildman–Crippen MR) is 48.1 cm³/mol. The van der Waals surface area contributed by atoms with Gasteiger partial charge in [0, 0.05) is 20.2 Å². The van der Waals surface area contributed by atoms with Crippen molar-refractivity contribution in [3.05, 3.63) is 0 Å². The van der Waals surface area contributed by atoms with E-state index in [1.54, 1.807) is 19.0 Å². The molecule has 0 rings (SSSR count). The molecule has 0 fully saturated rings. The van der Waals surface area contributed by atoms with E-state index in [-0.39, 0.29) is 5.91 Å². The van der Waals surface area contributed by atoms with Gasteiger partial charge in [0.2, 0.25) is 5.91 Å². The zero-order valence-electron chi connectivity index (χ0n) is 8.09. The number of hydrogen-bond donors (Lipinski definition) is 1. The third-order valence-corrected chi connectivity index (χ3v) is 1.53. The monoisotopic (exact) mass is 174 g/mol. The molecule has 0 aromatic carbocycles. The van der Waals surface area contributed by atoms with E-state index < -0.39 is 0 Å². The van der Waals surface area contributed by atoms with Crippen LogP contribution in [0.25, 0.3) is 0 Å². The summed E-state index contributed by atoms with van der Waals surface area (Å²) in [5, 5.41) is 2.81. The summed E-state index contributed by atoms with van der Waals surface area (Å²) in [6.07, 6.45) is 0. The van der Waals surface area contributed by atoms with Crippen molar-refractivity contribution in [2.45, 2.75) is 6.92 Å². The van der Waals surface area contributed by atoms with Crippen molar-refractivity contribution in [2.24, 2.45) is 0 Å². The van der Waals surface area contributed by atoms with Crippen LogP contribution in [0, 0.1) is 0 Å². The third kappa shape index (κ3) is 5.09. The van der Waals surface area contributed by atoms with E-state index in [2.05, 4.69) is 5.32 Å². The topological polar surface area (TPSA) is 41.6 Å². The zero-order chi connectivity index (χ0) is 9.40. The molecule has 0 unspecified atom stereocenters. The second-order valence-corrected chi connectivity index (χ2v) is 2.54. The first kappa shape index (κ1) is 11.4. The number of rotatable bonds is 6. The van der Waals surface area contributed by atoms with Crippen LogP contribution in [-0.4, -0.2) is 51.2 Å². The van der Waals surface area contributed by atoms with Gasteiger partial charge in [0.1, 0.15) is 0 Å². The number of hydrogen-bond acceptors (Lipinski definition) is 3. The van der Waals surface area contributed by atoms with Gasteiger partial charge in [-0.1, -0.05) is 0 Å². The minimum absolute atomic E-state index is 0.0946. The van der Waals surface area contributed by atoms with Gasteiger partial charge in [-0.3, -0.25) is 4.79 Å². The van der Waals surface area contributed by atoms with Crippen LogP contribution < -0.4 is 5.32 Å². The van der Waals surface area contributed by atoms with Crippen molar-refractivity contribution < 1.29 is 9.53 Å². The first-order valence-electron chi connectivity index (χ1n) is 4.18. The van der Waals surface area contributed by atoms with Gasteiger partial charge in [-0.25, -0.2) is 0 Å². The van der Waals surface area contributed by atoms with Crippen molar-refractivity contribution in [3.63, 3.8) is 0 Å². The Kier molecular flexibility index (Phi) is 6.70. The molecule has 0 aliphatic rings. The quantitative estimate of drug-likeness (QED) is 0.562. The SMILES string of the molecule is CCOCCN(C)C(=O)CNC. The fourth-order valence-electron chi connectivity index (χ4n) is 0.757. The Morgan fingerprint density at radius 2 is 2.25 bits per heavy atom. The normalized spacial score (nSPS) is 9.92. The highest BCUT2D eigenvalue weighted by Crippen LogP contribution is 1.84. The van der Waals surface area contributed by atoms with E-state index in [4.69, 9.17) is 4.74 Å². The number of carbonyl (C=O) groups excluding carboxylic acids is 1. The van der Waals surface area contributed by atoms with Crippen molar-refractivity contribution in [1.82, 2.24) is 10.2 Å². The van der Waals surface area contributed by atoms with Gasteiger partial charge in [0.25, 0.3) is 0 Å². The van der Waals surface area contributed by atoms with Crippen LogP contribution in [0.5, 0.6) is 0 Å². The van der Waals surface area contributed by atoms with Gasteiger partial charge < -0.3 is 15.0 Å². The van der Waals surface area contributed by atoms with Crippen molar-refractivity contribution in [3.8, 4) is 0 Å². The van der Waals surface area contributed by atoms with Gasteiger partial charge in [-0.2, -0.15) is 0 Å². The molecule has 0 aliphatic carbocycles. The number of nitrogens with zero attached hydrogens (tertiary/aromatic N) is 1. The van der Waals surface area contributed by atoms with Crippen molar-refractivity contribution >= 4 is 5.91 Å². The second-order valence-electron chi connectivity index (χ2n) is 2.54. The largest absolute Gasteiger partial charge is 0.380 e. The van der Waals surface area contributed by atoms with E-state index in [0.717, 1.165) is 0 Å². The summed E-state index contributed by atoms with van der Waals surface area (Å²) in [5.41, 5.74) is 0. The number of amides is 1. The lowest BCUT2D eigenvalue weighted by Crippen LogP contribution is -2.36. The molecule has 0 aliphatic heterocycles. The Morgan fingerprint density at radius 3 is 2.75 bits per heavy atom. The Hall–Kier alpha value is -0.610. The van der Waals surface area contributed by atoms with Gasteiger partial charge in [0.05, 0.1) is 13.2 Å². The summed E-state index contributed by atoms with van der Waals surface area (Å²) in [4.78, 5) is 12.8. The standard InChI is InChI=1S/C8H18N2O2/c1-4-12-6-5-10(3)8(11)7-9-2/h9H,4-7H2,1-3H3. The van der Waals surface area contributed by atoms with Crippen molar-refractivity contribution in [2.75, 3.05) is 40.4 Å². The lowest BCUT2D eigenvalue weighted by Gasteiger charge is -2.16. The molecular weight excluding hydrogens is 156 g/mol. The highest BCUT2D eigenvalue weighted by atomic mass is 16.5. The maximum absolute atomic E-state index is 11.1. The smallest absolute Gasteiger partial charge is 0.236 e. The Bertz CT molecular complexity index is 128. The van der Waals surface area contributed by atoms with E-state index in [9.17, 15) is 4.79 Å². The number of ether oxygens (including phenoxy) is 1. The maximum atomic E-state index is 11.1. The van der Waals surface area contributed by atoms with Gasteiger partial charge in [0.15, 0.2) is 0 Å². The lowest BCUT2D eigenvalue weighted by atomic mass is 10.5. The number of nitrogens with one attached hydrogen (secondary N) is 1. The highest BCUT2D eigenvalue weighted by Gasteiger charge is 2.05. The molecule has 4 nitrogen and oxygen atoms in total. The van der Waals surface area contributed by atoms with Crippen LogP contribution in [0.15, 0.2) is 0 Å². The van der Waals surface area contributed by atoms with E-state index in [1.807, 2.05) is 6.92 Å². The molecule has 4 heteroatoms. The molecule has 72 valence electrons. The molecule has 1 amide bonds. The molecule has 0 aromatic rings. The summed E-state index contributed by atoms with van der Waals surface area (Å²) in [7, 11) is 3.53. The molecule has 0 atom stereocenters. The van der Waals surface area contributed by atoms with Crippen LogP contribution in [0.1, 0.15) is 6.92 Å². The predicted octanol–water partition coefficient (Wildman–Crippen LogP) is -0.299. The molecule has 0 aromatic heterocycles. The van der Waals surface area contributed by atoms with E-state index in [1.165, 1.54) is 0 Å². The molecule has 0 bridgehead atoms. The summed E-state index contributed by atoms with van der Waals surface area (Å²) in [5.74, 6) is 0.0946. The number of carbonyl (C=O) groups is 1. The minimum Gasteiger partial charge on any atom is -0.380 e. The van der Waals surface area contributed by atoms with Gasteiger partial charge in [-0.05, 0) is 14.0 Å². The second kappa shape index (κ2) is 7.06. The van der Waals surface area contributed by atoms with E-state index >= 15 is 0 Å². The highest BCUT2D eigenvalue weighted by molar-refractivity contribution is 5.77. The molecular formula is C8H18N2O2. The fourth-order valence-corrected chi connectivity index (χ4v) is 0.757. The molecule has 1 N–H and O–H groups in total. The molecule has 12 heavy (non-hydrogen) atoms. The molecule has 0 spiro atoms. The molecule has 0 heterocycles. The van der Waals surface area contributed by atoms with Crippen molar-refractivity contribution in [1.29, 1.82) is 0 Å². The van der Waals surface area contributed by atoms with Crippen LogP contribution in [0.3, 0.4) is 0 Å². The molecule has 0 saturated heterocycles. The minimum atomic E-state index is 0.0946. The summed E-state index contributed by atoms with van der Waals surface area (Å²) in [6.45, 7) is 4.31. The Balaban J connectivity index is 3.42. The first-order chi connectivity index (χ1) is 5.72. The average Bonchev–Trinajstić information content (AvgIpc) is 2.05. The molecule has 0 radical (unpaired) electrons. The van der Waals surface area contributed by atoms with Crippen LogP contribution in [-0.2, 0) is 9.53 Å². The first-order valence-corrected chi connectivity index (χ1v) is 4.18. The summed E-state index contributed by atoms with van der Waals surface area (Å²) in [6, 6.07) is 0. The zero-order valence-corrected chi connectivity index (χ0v) is 8.09. The molecule has 0 saturated carbocycles. The van der Waals surface area contributed by atoms with Gasteiger partial charge in [-0.15, -0.1) is 0 Å². The fraction of sp³-hybridized carbons (Fsp3) is 0.875.